The van der Waals surface area contributed by atoms with E-state index in [1.54, 1.807) is 43.3 Å². The molecule has 0 aliphatic rings. The van der Waals surface area contributed by atoms with Gasteiger partial charge in [0.25, 0.3) is 0 Å². The SMILES string of the molecule is CCCCNC(=O)[C@H](CC)N(Cc1ccc(Cl)cc1Cl)C(=O)CN(c1cc(C)ccc1OC)S(C)(=O)=O. The molecular weight excluding hydrogens is 537 g/mol. The summed E-state index contributed by atoms with van der Waals surface area (Å²) in [6, 6.07) is 9.13. The molecular formula is C26H35Cl2N3O5S. The molecule has 0 heterocycles. The number of rotatable bonds is 13. The summed E-state index contributed by atoms with van der Waals surface area (Å²) < 4.78 is 32.1. The van der Waals surface area contributed by atoms with Gasteiger partial charge in [-0.1, -0.05) is 55.6 Å². The molecule has 204 valence electrons. The Kier molecular flexibility index (Phi) is 11.5. The number of unbranched alkanes of at least 4 members (excludes halogenated alkanes) is 1. The van der Waals surface area contributed by atoms with E-state index in [2.05, 4.69) is 5.32 Å². The van der Waals surface area contributed by atoms with E-state index in [1.807, 2.05) is 13.8 Å². The van der Waals surface area contributed by atoms with Crippen molar-refractivity contribution >= 4 is 50.7 Å². The molecule has 0 aliphatic heterocycles. The van der Waals surface area contributed by atoms with Crippen LogP contribution in [0.3, 0.4) is 0 Å². The third-order valence-corrected chi connectivity index (χ3v) is 7.57. The fourth-order valence-electron chi connectivity index (χ4n) is 3.85. The van der Waals surface area contributed by atoms with Gasteiger partial charge >= 0.3 is 0 Å². The van der Waals surface area contributed by atoms with Gasteiger partial charge in [-0.3, -0.25) is 13.9 Å². The fraction of sp³-hybridized carbons (Fsp3) is 0.462. The Morgan fingerprint density at radius 1 is 1.11 bits per heavy atom. The molecule has 0 radical (unpaired) electrons. The van der Waals surface area contributed by atoms with Crippen LogP contribution in [0.15, 0.2) is 36.4 Å². The van der Waals surface area contributed by atoms with Crippen LogP contribution in [0.4, 0.5) is 5.69 Å². The molecule has 1 N–H and O–H groups in total. The van der Waals surface area contributed by atoms with E-state index in [0.717, 1.165) is 29.0 Å². The molecule has 0 aromatic heterocycles. The molecule has 11 heteroatoms. The highest BCUT2D eigenvalue weighted by Crippen LogP contribution is 2.31. The topological polar surface area (TPSA) is 96.0 Å². The average Bonchev–Trinajstić information content (AvgIpc) is 2.83. The maximum Gasteiger partial charge on any atom is 0.244 e. The molecule has 2 aromatic carbocycles. The maximum atomic E-state index is 13.8. The summed E-state index contributed by atoms with van der Waals surface area (Å²) in [7, 11) is -2.46. The quantitative estimate of drug-likeness (QED) is 0.348. The third kappa shape index (κ3) is 8.51. The molecule has 1 atom stereocenters. The Hall–Kier alpha value is -2.49. The first-order valence-electron chi connectivity index (χ1n) is 12.1. The van der Waals surface area contributed by atoms with Crippen LogP contribution >= 0.6 is 23.2 Å². The van der Waals surface area contributed by atoms with Gasteiger partial charge in [-0.25, -0.2) is 8.42 Å². The van der Waals surface area contributed by atoms with Crippen molar-refractivity contribution < 1.29 is 22.7 Å². The van der Waals surface area contributed by atoms with Crippen LogP contribution in [-0.2, 0) is 26.2 Å². The number of hydrogen-bond donors (Lipinski definition) is 1. The third-order valence-electron chi connectivity index (χ3n) is 5.85. The Bertz CT molecular complexity index is 1210. The average molecular weight is 573 g/mol. The van der Waals surface area contributed by atoms with Gasteiger partial charge < -0.3 is 15.0 Å². The minimum absolute atomic E-state index is 0.00288. The number of nitrogens with one attached hydrogen (secondary N) is 1. The Morgan fingerprint density at radius 2 is 1.81 bits per heavy atom. The van der Waals surface area contributed by atoms with Gasteiger partial charge in [-0.2, -0.15) is 0 Å². The number of sulfonamides is 1. The molecule has 0 saturated heterocycles. The minimum atomic E-state index is -3.89. The van der Waals surface area contributed by atoms with Crippen molar-refractivity contribution in [1.82, 2.24) is 10.2 Å². The number of hydrogen-bond acceptors (Lipinski definition) is 5. The van der Waals surface area contributed by atoms with Gasteiger partial charge in [0.05, 0.1) is 19.1 Å². The van der Waals surface area contributed by atoms with Gasteiger partial charge in [0.1, 0.15) is 18.3 Å². The molecule has 0 spiro atoms. The molecule has 2 amide bonds. The lowest BCUT2D eigenvalue weighted by atomic mass is 10.1. The van der Waals surface area contributed by atoms with Crippen molar-refractivity contribution in [3.05, 3.63) is 57.6 Å². The number of methoxy groups -OCH3 is 1. The van der Waals surface area contributed by atoms with E-state index < -0.39 is 28.5 Å². The van der Waals surface area contributed by atoms with Crippen molar-refractivity contribution in [3.63, 3.8) is 0 Å². The number of nitrogens with zero attached hydrogens (tertiary/aromatic N) is 2. The van der Waals surface area contributed by atoms with Gasteiger partial charge in [-0.05, 0) is 55.2 Å². The Morgan fingerprint density at radius 3 is 2.38 bits per heavy atom. The Labute approximate surface area is 229 Å². The number of carbonyl (C=O) groups excluding carboxylic acids is 2. The predicted molar refractivity (Wildman–Crippen MR) is 149 cm³/mol. The van der Waals surface area contributed by atoms with E-state index in [9.17, 15) is 18.0 Å². The molecule has 37 heavy (non-hydrogen) atoms. The second kappa shape index (κ2) is 13.9. The smallest absolute Gasteiger partial charge is 0.244 e. The molecule has 0 saturated carbocycles. The molecule has 8 nitrogen and oxygen atoms in total. The molecule has 2 rings (SSSR count). The molecule has 0 unspecified atom stereocenters. The summed E-state index contributed by atoms with van der Waals surface area (Å²) in [5, 5.41) is 3.66. The van der Waals surface area contributed by atoms with Crippen LogP contribution in [-0.4, -0.2) is 57.6 Å². The van der Waals surface area contributed by atoms with Crippen LogP contribution in [0, 0.1) is 6.92 Å². The van der Waals surface area contributed by atoms with Crippen molar-refractivity contribution in [1.29, 1.82) is 0 Å². The van der Waals surface area contributed by atoms with E-state index in [1.165, 1.54) is 12.0 Å². The summed E-state index contributed by atoms with van der Waals surface area (Å²) in [5.41, 5.74) is 1.62. The number of carbonyl (C=O) groups is 2. The van der Waals surface area contributed by atoms with Crippen molar-refractivity contribution in [3.8, 4) is 5.75 Å². The van der Waals surface area contributed by atoms with Crippen molar-refractivity contribution in [2.75, 3.05) is 30.8 Å². The first kappa shape index (κ1) is 30.7. The van der Waals surface area contributed by atoms with E-state index in [4.69, 9.17) is 27.9 Å². The zero-order valence-electron chi connectivity index (χ0n) is 21.9. The monoisotopic (exact) mass is 571 g/mol. The number of aryl methyl sites for hydroxylation is 1. The lowest BCUT2D eigenvalue weighted by Gasteiger charge is -2.33. The highest BCUT2D eigenvalue weighted by atomic mass is 35.5. The highest BCUT2D eigenvalue weighted by Gasteiger charge is 2.33. The standard InChI is InChI=1S/C26H35Cl2N3O5S/c1-6-8-13-29-26(33)22(7-2)30(16-19-10-11-20(27)15-21(19)28)25(32)17-31(37(5,34)35)23-14-18(3)9-12-24(23)36-4/h9-12,14-15,22H,6-8,13,16-17H2,1-5H3,(H,29,33)/t22-/m0/s1. The van der Waals surface area contributed by atoms with Gasteiger partial charge in [0.15, 0.2) is 0 Å². The van der Waals surface area contributed by atoms with Gasteiger partial charge in [0.2, 0.25) is 21.8 Å². The highest BCUT2D eigenvalue weighted by molar-refractivity contribution is 7.92. The molecule has 0 aliphatic carbocycles. The fourth-order valence-corrected chi connectivity index (χ4v) is 5.16. The summed E-state index contributed by atoms with van der Waals surface area (Å²) in [6.07, 6.45) is 3.05. The predicted octanol–water partition coefficient (Wildman–Crippen LogP) is 4.80. The lowest BCUT2D eigenvalue weighted by Crippen LogP contribution is -2.52. The van der Waals surface area contributed by atoms with Crippen molar-refractivity contribution in [2.24, 2.45) is 0 Å². The van der Waals surface area contributed by atoms with E-state index >= 15 is 0 Å². The summed E-state index contributed by atoms with van der Waals surface area (Å²) in [6.45, 7) is 5.58. The lowest BCUT2D eigenvalue weighted by molar-refractivity contribution is -0.140. The number of ether oxygens (including phenoxy) is 1. The number of anilines is 1. The number of benzene rings is 2. The summed E-state index contributed by atoms with van der Waals surface area (Å²) in [5.74, 6) is -0.564. The molecule has 2 aromatic rings. The minimum Gasteiger partial charge on any atom is -0.495 e. The number of amides is 2. The van der Waals surface area contributed by atoms with Crippen LogP contribution in [0.25, 0.3) is 0 Å². The first-order chi connectivity index (χ1) is 17.4. The van der Waals surface area contributed by atoms with E-state index in [0.29, 0.717) is 34.3 Å². The summed E-state index contributed by atoms with van der Waals surface area (Å²) in [4.78, 5) is 28.3. The first-order valence-corrected chi connectivity index (χ1v) is 14.7. The van der Waals surface area contributed by atoms with Crippen LogP contribution in [0.5, 0.6) is 5.75 Å². The second-order valence-electron chi connectivity index (χ2n) is 8.77. The van der Waals surface area contributed by atoms with Crippen LogP contribution in [0.1, 0.15) is 44.2 Å². The van der Waals surface area contributed by atoms with Crippen LogP contribution in [0.2, 0.25) is 10.0 Å². The molecule has 0 fully saturated rings. The Balaban J connectivity index is 2.51. The largest absolute Gasteiger partial charge is 0.495 e. The van der Waals surface area contributed by atoms with Crippen LogP contribution < -0.4 is 14.4 Å². The maximum absolute atomic E-state index is 13.8. The molecule has 0 bridgehead atoms. The second-order valence-corrected chi connectivity index (χ2v) is 11.5. The number of halogens is 2. The van der Waals surface area contributed by atoms with Gasteiger partial charge in [0, 0.05) is 23.1 Å². The van der Waals surface area contributed by atoms with Crippen molar-refractivity contribution in [2.45, 2.75) is 52.6 Å². The normalized spacial score (nSPS) is 12.1. The van der Waals surface area contributed by atoms with Gasteiger partial charge in [-0.15, -0.1) is 0 Å². The van der Waals surface area contributed by atoms with E-state index in [-0.39, 0.29) is 18.1 Å². The zero-order valence-corrected chi connectivity index (χ0v) is 24.2. The summed E-state index contributed by atoms with van der Waals surface area (Å²) >= 11 is 12.4. The zero-order chi connectivity index (χ0) is 27.8.